The van der Waals surface area contributed by atoms with Gasteiger partial charge in [-0.05, 0) is 24.3 Å². The molecule has 1 aliphatic heterocycles. The Kier molecular flexibility index (Phi) is 5.75. The van der Waals surface area contributed by atoms with E-state index in [2.05, 4.69) is 14.9 Å². The van der Waals surface area contributed by atoms with Crippen LogP contribution in [-0.2, 0) is 4.79 Å². The van der Waals surface area contributed by atoms with Crippen LogP contribution in [-0.4, -0.2) is 64.7 Å². The second kappa shape index (κ2) is 8.62. The minimum atomic E-state index is -0.406. The number of imidazole rings is 1. The number of anilines is 1. The molecule has 0 unspecified atom stereocenters. The number of carbonyl (C=O) groups excluding carboxylic acids is 1. The highest BCUT2D eigenvalue weighted by Crippen LogP contribution is 2.24. The average Bonchev–Trinajstić information content (AvgIpc) is 3.19. The first-order chi connectivity index (χ1) is 14.5. The summed E-state index contributed by atoms with van der Waals surface area (Å²) in [6.45, 7) is 2.62. The third-order valence-electron chi connectivity index (χ3n) is 5.06. The van der Waals surface area contributed by atoms with Gasteiger partial charge in [-0.2, -0.15) is 0 Å². The third kappa shape index (κ3) is 4.33. The van der Waals surface area contributed by atoms with Crippen molar-refractivity contribution in [3.63, 3.8) is 0 Å². The summed E-state index contributed by atoms with van der Waals surface area (Å²) < 4.78 is 5.22. The molecule has 1 saturated heterocycles. The normalized spacial score (nSPS) is 14.2. The van der Waals surface area contributed by atoms with Crippen molar-refractivity contribution in [2.45, 2.75) is 5.16 Å². The van der Waals surface area contributed by atoms with E-state index in [1.807, 2.05) is 23.1 Å². The summed E-state index contributed by atoms with van der Waals surface area (Å²) in [7, 11) is 1.62. The maximum Gasteiger partial charge on any atom is 0.269 e. The molecule has 1 fully saturated rings. The molecule has 9 nitrogen and oxygen atoms in total. The molecule has 0 bridgehead atoms. The number of thioether (sulfide) groups is 1. The number of methoxy groups -OCH3 is 1. The molecule has 1 amide bonds. The fraction of sp³-hybridized carbons (Fsp3) is 0.300. The highest BCUT2D eigenvalue weighted by molar-refractivity contribution is 7.99. The molecular weight excluding hydrogens is 406 g/mol. The Morgan fingerprint density at radius 2 is 1.93 bits per heavy atom. The number of benzene rings is 2. The second-order valence-corrected chi connectivity index (χ2v) is 7.82. The number of nitro benzene ring substituents is 1. The summed E-state index contributed by atoms with van der Waals surface area (Å²) in [4.78, 5) is 34.7. The summed E-state index contributed by atoms with van der Waals surface area (Å²) >= 11 is 1.39. The SMILES string of the molecule is COc1ccc2nc(SCC(=O)N3CCN(c4ccc([N+](=O)[O-])cc4)CC3)[nH]c2c1. The fourth-order valence-corrected chi connectivity index (χ4v) is 4.17. The van der Waals surface area contributed by atoms with Gasteiger partial charge in [-0.15, -0.1) is 0 Å². The van der Waals surface area contributed by atoms with Crippen LogP contribution in [0.5, 0.6) is 5.75 Å². The zero-order chi connectivity index (χ0) is 21.1. The smallest absolute Gasteiger partial charge is 0.269 e. The number of fused-ring (bicyclic) bond motifs is 1. The third-order valence-corrected chi connectivity index (χ3v) is 5.92. The number of H-pyrrole nitrogens is 1. The number of rotatable bonds is 6. The van der Waals surface area contributed by atoms with Crippen molar-refractivity contribution in [1.82, 2.24) is 14.9 Å². The molecule has 156 valence electrons. The fourth-order valence-electron chi connectivity index (χ4n) is 3.38. The topological polar surface area (TPSA) is 105 Å². The molecule has 4 rings (SSSR count). The first kappa shape index (κ1) is 20.0. The molecule has 2 heterocycles. The number of nitrogens with zero attached hydrogens (tertiary/aromatic N) is 4. The lowest BCUT2D eigenvalue weighted by Gasteiger charge is -2.36. The van der Waals surface area contributed by atoms with Crippen molar-refractivity contribution in [3.8, 4) is 5.75 Å². The summed E-state index contributed by atoms with van der Waals surface area (Å²) in [6.07, 6.45) is 0. The van der Waals surface area contributed by atoms with Crippen molar-refractivity contribution in [3.05, 3.63) is 52.6 Å². The van der Waals surface area contributed by atoms with E-state index in [-0.39, 0.29) is 11.6 Å². The molecule has 2 aromatic carbocycles. The number of hydrogen-bond donors (Lipinski definition) is 1. The number of piperazine rings is 1. The standard InChI is InChI=1S/C20H21N5O4S/c1-29-16-6-7-17-18(12-16)22-20(21-17)30-13-19(26)24-10-8-23(9-11-24)14-2-4-15(5-3-14)25(27)28/h2-7,12H,8-11,13H2,1H3,(H,21,22). The van der Waals surface area contributed by atoms with Gasteiger partial charge in [0.15, 0.2) is 5.16 Å². The first-order valence-electron chi connectivity index (χ1n) is 9.47. The van der Waals surface area contributed by atoms with Crippen LogP contribution in [0.25, 0.3) is 11.0 Å². The Morgan fingerprint density at radius 3 is 2.60 bits per heavy atom. The van der Waals surface area contributed by atoms with E-state index in [0.717, 1.165) is 22.5 Å². The highest BCUT2D eigenvalue weighted by Gasteiger charge is 2.22. The molecule has 0 saturated carbocycles. The Bertz CT molecular complexity index is 1060. The quantitative estimate of drug-likeness (QED) is 0.366. The van der Waals surface area contributed by atoms with Crippen LogP contribution in [0.4, 0.5) is 11.4 Å². The molecule has 3 aromatic rings. The van der Waals surface area contributed by atoms with Gasteiger partial charge in [0.1, 0.15) is 5.75 Å². The summed E-state index contributed by atoms with van der Waals surface area (Å²) in [5.41, 5.74) is 2.72. The van der Waals surface area contributed by atoms with Gasteiger partial charge in [0.05, 0.1) is 28.8 Å². The van der Waals surface area contributed by atoms with E-state index in [1.54, 1.807) is 19.2 Å². The Balaban J connectivity index is 1.29. The van der Waals surface area contributed by atoms with Gasteiger partial charge < -0.3 is 19.5 Å². The summed E-state index contributed by atoms with van der Waals surface area (Å²) in [6, 6.07) is 12.1. The summed E-state index contributed by atoms with van der Waals surface area (Å²) in [5, 5.41) is 11.5. The first-order valence-corrected chi connectivity index (χ1v) is 10.5. The number of carbonyl (C=O) groups is 1. The second-order valence-electron chi connectivity index (χ2n) is 6.86. The molecule has 0 spiro atoms. The van der Waals surface area contributed by atoms with Crippen molar-refractivity contribution in [2.24, 2.45) is 0 Å². The van der Waals surface area contributed by atoms with E-state index in [4.69, 9.17) is 4.74 Å². The number of ether oxygens (including phenoxy) is 1. The average molecular weight is 427 g/mol. The summed E-state index contributed by atoms with van der Waals surface area (Å²) in [5.74, 6) is 1.14. The monoisotopic (exact) mass is 427 g/mol. The number of nitro groups is 1. The van der Waals surface area contributed by atoms with Crippen LogP contribution in [0, 0.1) is 10.1 Å². The molecule has 0 aliphatic carbocycles. The van der Waals surface area contributed by atoms with Gasteiger partial charge >= 0.3 is 0 Å². The lowest BCUT2D eigenvalue weighted by Crippen LogP contribution is -2.49. The number of amides is 1. The molecule has 30 heavy (non-hydrogen) atoms. The van der Waals surface area contributed by atoms with Crippen LogP contribution < -0.4 is 9.64 Å². The minimum Gasteiger partial charge on any atom is -0.497 e. The van der Waals surface area contributed by atoms with Gasteiger partial charge in [-0.25, -0.2) is 4.98 Å². The van der Waals surface area contributed by atoms with Crippen LogP contribution in [0.1, 0.15) is 0 Å². The molecule has 10 heteroatoms. The number of nitrogens with one attached hydrogen (secondary N) is 1. The van der Waals surface area contributed by atoms with Gasteiger partial charge in [0.25, 0.3) is 5.69 Å². The maximum absolute atomic E-state index is 12.6. The molecule has 0 radical (unpaired) electrons. The lowest BCUT2D eigenvalue weighted by atomic mass is 10.2. The molecular formula is C20H21N5O4S. The maximum atomic E-state index is 12.6. The van der Waals surface area contributed by atoms with E-state index in [0.29, 0.717) is 37.1 Å². The van der Waals surface area contributed by atoms with Crippen molar-refractivity contribution in [2.75, 3.05) is 43.9 Å². The van der Waals surface area contributed by atoms with Gasteiger partial charge in [-0.3, -0.25) is 14.9 Å². The predicted octanol–water partition coefficient (Wildman–Crippen LogP) is 2.92. The Morgan fingerprint density at radius 1 is 1.20 bits per heavy atom. The Labute approximate surface area is 177 Å². The van der Waals surface area contributed by atoms with Crippen LogP contribution in [0.15, 0.2) is 47.6 Å². The highest BCUT2D eigenvalue weighted by atomic mass is 32.2. The van der Waals surface area contributed by atoms with E-state index >= 15 is 0 Å². The molecule has 1 N–H and O–H groups in total. The van der Waals surface area contributed by atoms with Crippen LogP contribution in [0.2, 0.25) is 0 Å². The van der Waals surface area contributed by atoms with Crippen molar-refractivity contribution >= 4 is 40.1 Å². The minimum absolute atomic E-state index is 0.0707. The van der Waals surface area contributed by atoms with Crippen LogP contribution >= 0.6 is 11.8 Å². The zero-order valence-electron chi connectivity index (χ0n) is 16.4. The van der Waals surface area contributed by atoms with Gasteiger partial charge in [0.2, 0.25) is 5.91 Å². The predicted molar refractivity (Wildman–Crippen MR) is 115 cm³/mol. The van der Waals surface area contributed by atoms with Crippen molar-refractivity contribution < 1.29 is 14.5 Å². The Hall–Kier alpha value is -3.27. The molecule has 1 aliphatic rings. The number of aromatic nitrogens is 2. The largest absolute Gasteiger partial charge is 0.497 e. The van der Waals surface area contributed by atoms with Crippen LogP contribution in [0.3, 0.4) is 0 Å². The van der Waals surface area contributed by atoms with E-state index in [1.165, 1.54) is 23.9 Å². The number of non-ortho nitro benzene ring substituents is 1. The van der Waals surface area contributed by atoms with Gasteiger partial charge in [0, 0.05) is 50.1 Å². The molecule has 0 atom stereocenters. The van der Waals surface area contributed by atoms with E-state index < -0.39 is 4.92 Å². The number of hydrogen-bond acceptors (Lipinski definition) is 7. The number of aromatic amines is 1. The zero-order valence-corrected chi connectivity index (χ0v) is 17.2. The van der Waals surface area contributed by atoms with E-state index in [9.17, 15) is 14.9 Å². The van der Waals surface area contributed by atoms with Gasteiger partial charge in [-0.1, -0.05) is 11.8 Å². The van der Waals surface area contributed by atoms with Crippen molar-refractivity contribution in [1.29, 1.82) is 0 Å². The molecule has 1 aromatic heterocycles. The lowest BCUT2D eigenvalue weighted by molar-refractivity contribution is -0.384.